The summed E-state index contributed by atoms with van der Waals surface area (Å²) in [6.07, 6.45) is 0. The van der Waals surface area contributed by atoms with Crippen molar-refractivity contribution < 1.29 is 0 Å². The third-order valence-electron chi connectivity index (χ3n) is 3.94. The second-order valence-corrected chi connectivity index (χ2v) is 5.52. The molecule has 2 rings (SSSR count). The number of hydrogen-bond donors (Lipinski definition) is 0. The fourth-order valence-corrected chi connectivity index (χ4v) is 2.91. The van der Waals surface area contributed by atoms with Crippen molar-refractivity contribution in [2.75, 3.05) is 0 Å². The fraction of sp³-hybridized carbons (Fsp3) is 0.500. The van der Waals surface area contributed by atoms with Gasteiger partial charge in [-0.3, -0.25) is 0 Å². The van der Waals surface area contributed by atoms with Crippen LogP contribution in [-0.2, 0) is 0 Å². The van der Waals surface area contributed by atoms with Gasteiger partial charge in [-0.2, -0.15) is 0 Å². The Morgan fingerprint density at radius 1 is 0.778 bits per heavy atom. The largest absolute Gasteiger partial charge is 0.238 e. The summed E-state index contributed by atoms with van der Waals surface area (Å²) in [5, 5.41) is 1.24. The van der Waals surface area contributed by atoms with E-state index < -0.39 is 0 Å². The first-order valence-corrected chi connectivity index (χ1v) is 6.59. The summed E-state index contributed by atoms with van der Waals surface area (Å²) in [6, 6.07) is 0. The number of aromatic nitrogens is 2. The second-order valence-electron chi connectivity index (χ2n) is 5.52. The average Bonchev–Trinajstić information content (AvgIpc) is 2.24. The third-order valence-corrected chi connectivity index (χ3v) is 3.94. The van der Waals surface area contributed by atoms with Crippen molar-refractivity contribution in [3.63, 3.8) is 0 Å². The lowest BCUT2D eigenvalue weighted by molar-refractivity contribution is 0.856. The monoisotopic (exact) mass is 242 g/mol. The van der Waals surface area contributed by atoms with E-state index in [1.54, 1.807) is 0 Å². The summed E-state index contributed by atoms with van der Waals surface area (Å²) in [5.41, 5.74) is 7.70. The Morgan fingerprint density at radius 3 is 1.94 bits per heavy atom. The Morgan fingerprint density at radius 2 is 1.39 bits per heavy atom. The molecule has 2 aromatic rings. The highest BCUT2D eigenvalue weighted by Gasteiger charge is 2.17. The van der Waals surface area contributed by atoms with Crippen LogP contribution in [0.2, 0.25) is 0 Å². The molecule has 0 bridgehead atoms. The normalized spacial score (nSPS) is 11.6. The van der Waals surface area contributed by atoms with Crippen LogP contribution in [0, 0.1) is 34.6 Å². The van der Waals surface area contributed by atoms with Gasteiger partial charge < -0.3 is 0 Å². The minimum absolute atomic E-state index is 0.487. The van der Waals surface area contributed by atoms with Crippen molar-refractivity contribution in [1.82, 2.24) is 9.97 Å². The fourth-order valence-electron chi connectivity index (χ4n) is 2.91. The van der Waals surface area contributed by atoms with Gasteiger partial charge in [-0.1, -0.05) is 13.8 Å². The Hall–Kier alpha value is -1.44. The number of hydrogen-bond acceptors (Lipinski definition) is 2. The van der Waals surface area contributed by atoms with Gasteiger partial charge in [0.25, 0.3) is 0 Å². The van der Waals surface area contributed by atoms with E-state index in [1.807, 2.05) is 6.92 Å². The quantitative estimate of drug-likeness (QED) is 0.745. The zero-order valence-electron chi connectivity index (χ0n) is 12.5. The summed E-state index contributed by atoms with van der Waals surface area (Å²) in [7, 11) is 0. The molecule has 18 heavy (non-hydrogen) atoms. The van der Waals surface area contributed by atoms with Crippen LogP contribution in [0.15, 0.2) is 0 Å². The van der Waals surface area contributed by atoms with E-state index in [0.29, 0.717) is 5.92 Å². The molecule has 0 unspecified atom stereocenters. The summed E-state index contributed by atoms with van der Waals surface area (Å²) in [4.78, 5) is 9.23. The number of aryl methyl sites for hydroxylation is 3. The van der Waals surface area contributed by atoms with Gasteiger partial charge in [0.05, 0.1) is 5.52 Å². The van der Waals surface area contributed by atoms with Crippen LogP contribution in [-0.4, -0.2) is 9.97 Å². The standard InChI is InChI=1S/C16H22N2/c1-8(2)14-10(4)9(3)11(5)15-12(6)17-13(7)18-16(14)15/h8H,1-7H3. The maximum absolute atomic E-state index is 4.71. The molecule has 1 heterocycles. The molecule has 0 saturated carbocycles. The summed E-state index contributed by atoms with van der Waals surface area (Å²) in [6.45, 7) is 15.1. The molecule has 0 aliphatic carbocycles. The van der Waals surface area contributed by atoms with Crippen molar-refractivity contribution >= 4 is 10.9 Å². The van der Waals surface area contributed by atoms with Crippen molar-refractivity contribution in [3.05, 3.63) is 33.8 Å². The van der Waals surface area contributed by atoms with Crippen molar-refractivity contribution in [3.8, 4) is 0 Å². The average molecular weight is 242 g/mol. The lowest BCUT2D eigenvalue weighted by Gasteiger charge is -2.19. The minimum Gasteiger partial charge on any atom is -0.238 e. The van der Waals surface area contributed by atoms with E-state index in [1.165, 1.54) is 27.6 Å². The predicted molar refractivity (Wildman–Crippen MR) is 77.3 cm³/mol. The van der Waals surface area contributed by atoms with E-state index in [4.69, 9.17) is 4.98 Å². The van der Waals surface area contributed by atoms with Gasteiger partial charge in [0.1, 0.15) is 5.82 Å². The summed E-state index contributed by atoms with van der Waals surface area (Å²) in [5.74, 6) is 1.35. The van der Waals surface area contributed by atoms with Gasteiger partial charge in [0.15, 0.2) is 0 Å². The Bertz CT molecular complexity index is 625. The summed E-state index contributed by atoms with van der Waals surface area (Å²) < 4.78 is 0. The van der Waals surface area contributed by atoms with Gasteiger partial charge in [-0.05, 0) is 62.8 Å². The molecule has 0 fully saturated rings. The van der Waals surface area contributed by atoms with Crippen LogP contribution in [0.5, 0.6) is 0 Å². The molecule has 2 nitrogen and oxygen atoms in total. The number of nitrogens with zero attached hydrogens (tertiary/aromatic N) is 2. The maximum atomic E-state index is 4.71. The first kappa shape index (κ1) is 13.0. The van der Waals surface area contributed by atoms with Gasteiger partial charge in [0.2, 0.25) is 0 Å². The van der Waals surface area contributed by atoms with Crippen LogP contribution >= 0.6 is 0 Å². The molecule has 1 aromatic heterocycles. The van der Waals surface area contributed by atoms with Crippen LogP contribution in [0.4, 0.5) is 0 Å². The van der Waals surface area contributed by atoms with Crippen molar-refractivity contribution in [2.45, 2.75) is 54.4 Å². The molecular formula is C16H22N2. The van der Waals surface area contributed by atoms with Gasteiger partial charge in [-0.25, -0.2) is 9.97 Å². The number of fused-ring (bicyclic) bond motifs is 1. The second kappa shape index (κ2) is 4.34. The van der Waals surface area contributed by atoms with Crippen LogP contribution < -0.4 is 0 Å². The van der Waals surface area contributed by atoms with Gasteiger partial charge in [0, 0.05) is 11.1 Å². The molecule has 0 aliphatic heterocycles. The zero-order valence-corrected chi connectivity index (χ0v) is 12.5. The highest BCUT2D eigenvalue weighted by Crippen LogP contribution is 2.33. The lowest BCUT2D eigenvalue weighted by atomic mass is 9.88. The van der Waals surface area contributed by atoms with E-state index in [9.17, 15) is 0 Å². The molecule has 0 N–H and O–H groups in total. The summed E-state index contributed by atoms with van der Waals surface area (Å²) >= 11 is 0. The predicted octanol–water partition coefficient (Wildman–Crippen LogP) is 4.30. The first-order chi connectivity index (χ1) is 8.34. The number of rotatable bonds is 1. The first-order valence-electron chi connectivity index (χ1n) is 6.59. The van der Waals surface area contributed by atoms with Gasteiger partial charge in [-0.15, -0.1) is 0 Å². The molecule has 2 heteroatoms. The highest BCUT2D eigenvalue weighted by molar-refractivity contribution is 5.89. The van der Waals surface area contributed by atoms with Crippen molar-refractivity contribution in [1.29, 1.82) is 0 Å². The number of benzene rings is 1. The molecule has 0 aliphatic rings. The molecule has 0 spiro atoms. The van der Waals surface area contributed by atoms with Gasteiger partial charge >= 0.3 is 0 Å². The Labute approximate surface area is 109 Å². The molecular weight excluding hydrogens is 220 g/mol. The molecule has 0 saturated heterocycles. The Balaban J connectivity index is 3.07. The highest BCUT2D eigenvalue weighted by atomic mass is 14.9. The zero-order chi connectivity index (χ0) is 13.6. The lowest BCUT2D eigenvalue weighted by Crippen LogP contribution is -2.05. The van der Waals surface area contributed by atoms with Crippen molar-refractivity contribution in [2.24, 2.45) is 0 Å². The van der Waals surface area contributed by atoms with Crippen LogP contribution in [0.25, 0.3) is 10.9 Å². The molecule has 1 aromatic carbocycles. The van der Waals surface area contributed by atoms with E-state index in [2.05, 4.69) is 46.5 Å². The third kappa shape index (κ3) is 1.80. The van der Waals surface area contributed by atoms with Crippen LogP contribution in [0.3, 0.4) is 0 Å². The molecule has 0 amide bonds. The topological polar surface area (TPSA) is 25.8 Å². The SMILES string of the molecule is Cc1nc(C)c2c(C)c(C)c(C)c(C(C)C)c2n1. The minimum atomic E-state index is 0.487. The molecule has 0 atom stereocenters. The van der Waals surface area contributed by atoms with E-state index in [-0.39, 0.29) is 0 Å². The van der Waals surface area contributed by atoms with Crippen LogP contribution in [0.1, 0.15) is 53.5 Å². The molecule has 0 radical (unpaired) electrons. The van der Waals surface area contributed by atoms with E-state index in [0.717, 1.165) is 17.0 Å². The smallest absolute Gasteiger partial charge is 0.126 e. The Kier molecular flexibility index (Phi) is 3.14. The maximum Gasteiger partial charge on any atom is 0.126 e. The van der Waals surface area contributed by atoms with E-state index >= 15 is 0 Å². The molecule has 96 valence electrons.